The third-order valence-corrected chi connectivity index (χ3v) is 5.39. The fourth-order valence-electron chi connectivity index (χ4n) is 2.99. The van der Waals surface area contributed by atoms with Gasteiger partial charge in [-0.3, -0.25) is 4.99 Å². The number of hydrogen-bond acceptors (Lipinski definition) is 3. The maximum absolute atomic E-state index is 4.84. The maximum Gasteiger partial charge on any atom is 0.194 e. The lowest BCUT2D eigenvalue weighted by atomic mass is 10.2. The minimum atomic E-state index is 0.951. The van der Waals surface area contributed by atoms with Crippen molar-refractivity contribution in [2.24, 2.45) is 10.9 Å². The second kappa shape index (κ2) is 7.86. The fourth-order valence-corrected chi connectivity index (χ4v) is 3.77. The van der Waals surface area contributed by atoms with Gasteiger partial charge < -0.3 is 15.1 Å². The number of aliphatic imine (C=N–C) groups is 1. The van der Waals surface area contributed by atoms with Gasteiger partial charge in [-0.25, -0.2) is 0 Å². The molecule has 4 nitrogen and oxygen atoms in total. The van der Waals surface area contributed by atoms with E-state index >= 15 is 0 Å². The number of nitrogens with zero attached hydrogens (tertiary/aromatic N) is 3. The highest BCUT2D eigenvalue weighted by Crippen LogP contribution is 2.33. The van der Waals surface area contributed by atoms with Crippen molar-refractivity contribution >= 4 is 22.3 Å². The molecular formula is C17H28N4S. The summed E-state index contributed by atoms with van der Waals surface area (Å²) in [5.74, 6) is 2.14. The molecule has 2 aliphatic rings. The Morgan fingerprint density at radius 1 is 1.32 bits per heavy atom. The molecule has 122 valence electrons. The summed E-state index contributed by atoms with van der Waals surface area (Å²) in [6.07, 6.45) is 5.52. The molecule has 5 heteroatoms. The van der Waals surface area contributed by atoms with Crippen molar-refractivity contribution in [3.63, 3.8) is 0 Å². The zero-order valence-electron chi connectivity index (χ0n) is 13.6. The molecule has 0 atom stereocenters. The Bertz CT molecular complexity index is 459. The summed E-state index contributed by atoms with van der Waals surface area (Å²) in [5, 5.41) is 7.02. The first kappa shape index (κ1) is 15.7. The summed E-state index contributed by atoms with van der Waals surface area (Å²) in [6, 6.07) is 4.36. The number of nitrogens with one attached hydrogen (secondary N) is 1. The molecule has 1 saturated carbocycles. The summed E-state index contributed by atoms with van der Waals surface area (Å²) in [7, 11) is 0. The molecule has 1 N–H and O–H groups in total. The molecule has 1 aliphatic heterocycles. The molecule has 0 aromatic carbocycles. The standard InChI is InChI=1S/C17H28N4S/c1-2-18-17(19-9-3-5-15-7-8-15)21-12-10-20(11-13-21)16-6-4-14-22-16/h4,6,14-15H,2-3,5,7-13H2,1H3,(H,18,19). The first-order valence-corrected chi connectivity index (χ1v) is 9.56. The van der Waals surface area contributed by atoms with E-state index in [1.165, 1.54) is 30.7 Å². The normalized spacial score (nSPS) is 19.6. The average molecular weight is 321 g/mol. The summed E-state index contributed by atoms with van der Waals surface area (Å²) in [4.78, 5) is 9.75. The molecule has 1 saturated heterocycles. The Labute approximate surface area is 138 Å². The molecule has 22 heavy (non-hydrogen) atoms. The van der Waals surface area contributed by atoms with Crippen molar-refractivity contribution in [3.8, 4) is 0 Å². The van der Waals surface area contributed by atoms with Crippen molar-refractivity contribution in [3.05, 3.63) is 17.5 Å². The van der Waals surface area contributed by atoms with Crippen LogP contribution in [0.3, 0.4) is 0 Å². The Morgan fingerprint density at radius 2 is 2.14 bits per heavy atom. The molecule has 0 amide bonds. The first-order valence-electron chi connectivity index (χ1n) is 8.68. The van der Waals surface area contributed by atoms with Crippen LogP contribution in [-0.2, 0) is 0 Å². The minimum Gasteiger partial charge on any atom is -0.360 e. The number of piperazine rings is 1. The van der Waals surface area contributed by atoms with Crippen molar-refractivity contribution in [2.75, 3.05) is 44.2 Å². The van der Waals surface area contributed by atoms with E-state index < -0.39 is 0 Å². The van der Waals surface area contributed by atoms with Crippen molar-refractivity contribution in [1.82, 2.24) is 10.2 Å². The number of guanidine groups is 1. The van der Waals surface area contributed by atoms with Crippen LogP contribution in [0.1, 0.15) is 32.6 Å². The van der Waals surface area contributed by atoms with Crippen LogP contribution in [0.15, 0.2) is 22.5 Å². The van der Waals surface area contributed by atoms with Gasteiger partial charge in [0.15, 0.2) is 5.96 Å². The maximum atomic E-state index is 4.84. The Balaban J connectivity index is 1.47. The van der Waals surface area contributed by atoms with Gasteiger partial charge in [-0.15, -0.1) is 11.3 Å². The van der Waals surface area contributed by atoms with Gasteiger partial charge in [-0.1, -0.05) is 12.8 Å². The van der Waals surface area contributed by atoms with Gasteiger partial charge in [0.2, 0.25) is 0 Å². The van der Waals surface area contributed by atoms with Crippen LogP contribution in [0.4, 0.5) is 5.00 Å². The molecule has 2 fully saturated rings. The average Bonchev–Trinajstić information content (AvgIpc) is 3.21. The summed E-state index contributed by atoms with van der Waals surface area (Å²) in [6.45, 7) is 8.39. The summed E-state index contributed by atoms with van der Waals surface area (Å²) >= 11 is 1.84. The zero-order chi connectivity index (χ0) is 15.2. The minimum absolute atomic E-state index is 0.951. The molecule has 3 rings (SSSR count). The van der Waals surface area contributed by atoms with Crippen LogP contribution < -0.4 is 10.2 Å². The highest BCUT2D eigenvalue weighted by atomic mass is 32.1. The molecule has 1 aromatic rings. The van der Waals surface area contributed by atoms with Crippen LogP contribution in [0.25, 0.3) is 0 Å². The van der Waals surface area contributed by atoms with Crippen molar-refractivity contribution < 1.29 is 0 Å². The van der Waals surface area contributed by atoms with Gasteiger partial charge >= 0.3 is 0 Å². The molecular weight excluding hydrogens is 292 g/mol. The van der Waals surface area contributed by atoms with Crippen LogP contribution in [0.2, 0.25) is 0 Å². The Kier molecular flexibility index (Phi) is 5.59. The highest BCUT2D eigenvalue weighted by molar-refractivity contribution is 7.14. The predicted molar refractivity (Wildman–Crippen MR) is 96.0 cm³/mol. The number of thiophene rings is 1. The lowest BCUT2D eigenvalue weighted by Crippen LogP contribution is -2.52. The van der Waals surface area contributed by atoms with E-state index in [0.29, 0.717) is 0 Å². The van der Waals surface area contributed by atoms with Crippen LogP contribution in [0.5, 0.6) is 0 Å². The zero-order valence-corrected chi connectivity index (χ0v) is 14.4. The molecule has 1 aliphatic carbocycles. The summed E-state index contributed by atoms with van der Waals surface area (Å²) in [5.41, 5.74) is 0. The first-order chi connectivity index (χ1) is 10.9. The van der Waals surface area contributed by atoms with Crippen molar-refractivity contribution in [1.29, 1.82) is 0 Å². The molecule has 1 aromatic heterocycles. The van der Waals surface area contributed by atoms with Crippen molar-refractivity contribution in [2.45, 2.75) is 32.6 Å². The van der Waals surface area contributed by atoms with E-state index in [4.69, 9.17) is 4.99 Å². The van der Waals surface area contributed by atoms with E-state index in [9.17, 15) is 0 Å². The van der Waals surface area contributed by atoms with Crippen LogP contribution >= 0.6 is 11.3 Å². The lowest BCUT2D eigenvalue weighted by Gasteiger charge is -2.37. The second-order valence-electron chi connectivity index (χ2n) is 6.25. The molecule has 0 bridgehead atoms. The molecule has 0 radical (unpaired) electrons. The Morgan fingerprint density at radius 3 is 2.77 bits per heavy atom. The third-order valence-electron chi connectivity index (χ3n) is 4.46. The molecule has 2 heterocycles. The SMILES string of the molecule is CCNC(=NCCCC1CC1)N1CCN(c2cccs2)CC1. The topological polar surface area (TPSA) is 30.9 Å². The number of rotatable bonds is 6. The van der Waals surface area contributed by atoms with Crippen LogP contribution in [-0.4, -0.2) is 50.1 Å². The Hall–Kier alpha value is -1.23. The monoisotopic (exact) mass is 320 g/mol. The predicted octanol–water partition coefficient (Wildman–Crippen LogP) is 3.03. The van der Waals surface area contributed by atoms with E-state index in [1.807, 2.05) is 11.3 Å². The van der Waals surface area contributed by atoms with E-state index in [2.05, 4.69) is 39.6 Å². The highest BCUT2D eigenvalue weighted by Gasteiger charge is 2.21. The summed E-state index contributed by atoms with van der Waals surface area (Å²) < 4.78 is 0. The van der Waals surface area contributed by atoms with E-state index in [-0.39, 0.29) is 0 Å². The van der Waals surface area contributed by atoms with Gasteiger partial charge in [0, 0.05) is 39.3 Å². The van der Waals surface area contributed by atoms with Gasteiger partial charge in [0.25, 0.3) is 0 Å². The third kappa shape index (κ3) is 4.38. The number of hydrogen-bond donors (Lipinski definition) is 1. The molecule has 0 unspecified atom stereocenters. The van der Waals surface area contributed by atoms with Crippen LogP contribution in [0, 0.1) is 5.92 Å². The number of anilines is 1. The van der Waals surface area contributed by atoms with Gasteiger partial charge in [-0.2, -0.15) is 0 Å². The largest absolute Gasteiger partial charge is 0.360 e. The van der Waals surface area contributed by atoms with Gasteiger partial charge in [0.1, 0.15) is 0 Å². The van der Waals surface area contributed by atoms with Gasteiger partial charge in [0.05, 0.1) is 5.00 Å². The van der Waals surface area contributed by atoms with E-state index in [0.717, 1.165) is 51.1 Å². The van der Waals surface area contributed by atoms with E-state index in [1.54, 1.807) is 0 Å². The molecule has 0 spiro atoms. The fraction of sp³-hybridized carbons (Fsp3) is 0.706. The van der Waals surface area contributed by atoms with Gasteiger partial charge in [-0.05, 0) is 43.2 Å². The quantitative estimate of drug-likeness (QED) is 0.496. The second-order valence-corrected chi connectivity index (χ2v) is 7.17. The lowest BCUT2D eigenvalue weighted by molar-refractivity contribution is 0.373. The smallest absolute Gasteiger partial charge is 0.194 e.